The predicted octanol–water partition coefficient (Wildman–Crippen LogP) is 3.43. The first-order valence-corrected chi connectivity index (χ1v) is 8.01. The Morgan fingerprint density at radius 2 is 2.18 bits per heavy atom. The van der Waals surface area contributed by atoms with Crippen LogP contribution in [0, 0.1) is 0 Å². The monoisotopic (exact) mass is 316 g/mol. The van der Waals surface area contributed by atoms with Gasteiger partial charge in [-0.2, -0.15) is 0 Å². The van der Waals surface area contributed by atoms with Crippen molar-refractivity contribution < 1.29 is 0 Å². The van der Waals surface area contributed by atoms with Gasteiger partial charge < -0.3 is 4.90 Å². The molecule has 0 unspecified atom stereocenters. The summed E-state index contributed by atoms with van der Waals surface area (Å²) < 4.78 is 1.21. The van der Waals surface area contributed by atoms with Gasteiger partial charge in [-0.15, -0.1) is 11.3 Å². The first-order chi connectivity index (χ1) is 8.19. The van der Waals surface area contributed by atoms with E-state index in [9.17, 15) is 0 Å². The van der Waals surface area contributed by atoms with Gasteiger partial charge in [0.1, 0.15) is 0 Å². The summed E-state index contributed by atoms with van der Waals surface area (Å²) in [5.41, 5.74) is 0. The van der Waals surface area contributed by atoms with Crippen LogP contribution in [0.25, 0.3) is 0 Å². The van der Waals surface area contributed by atoms with E-state index in [1.54, 1.807) is 0 Å². The molecule has 0 bridgehead atoms. The molecule has 0 spiro atoms. The van der Waals surface area contributed by atoms with Gasteiger partial charge in [0.05, 0.1) is 0 Å². The average Bonchev–Trinajstić information content (AvgIpc) is 2.75. The minimum Gasteiger partial charge on any atom is -0.303 e. The second-order valence-corrected chi connectivity index (χ2v) is 6.72. The van der Waals surface area contributed by atoms with E-state index in [1.807, 2.05) is 11.3 Å². The molecule has 0 saturated carbocycles. The van der Waals surface area contributed by atoms with Crippen molar-refractivity contribution in [1.82, 2.24) is 9.80 Å². The normalized spacial score (nSPS) is 19.1. The van der Waals surface area contributed by atoms with Crippen LogP contribution < -0.4 is 0 Å². The topological polar surface area (TPSA) is 6.48 Å². The van der Waals surface area contributed by atoms with Gasteiger partial charge >= 0.3 is 0 Å². The molecule has 0 N–H and O–H groups in total. The van der Waals surface area contributed by atoms with Crippen LogP contribution in [0.4, 0.5) is 0 Å². The Labute approximate surface area is 117 Å². The summed E-state index contributed by atoms with van der Waals surface area (Å²) in [5, 5.41) is 2.17. The first kappa shape index (κ1) is 13.5. The number of rotatable bonds is 4. The minimum absolute atomic E-state index is 0.763. The summed E-state index contributed by atoms with van der Waals surface area (Å²) in [6.45, 7) is 7.08. The SMILES string of the molecule is CCN1CCC(N(C)Cc2cc(Br)cs2)CC1. The van der Waals surface area contributed by atoms with Gasteiger partial charge in [0.25, 0.3) is 0 Å². The average molecular weight is 317 g/mol. The zero-order valence-electron chi connectivity index (χ0n) is 10.7. The summed E-state index contributed by atoms with van der Waals surface area (Å²) in [4.78, 5) is 6.52. The lowest BCUT2D eigenvalue weighted by Crippen LogP contribution is -2.42. The van der Waals surface area contributed by atoms with Gasteiger partial charge in [-0.3, -0.25) is 4.90 Å². The molecule has 2 heterocycles. The minimum atomic E-state index is 0.763. The van der Waals surface area contributed by atoms with Gasteiger partial charge in [0, 0.05) is 27.3 Å². The quantitative estimate of drug-likeness (QED) is 0.839. The molecule has 1 fully saturated rings. The Balaban J connectivity index is 1.82. The van der Waals surface area contributed by atoms with Crippen molar-refractivity contribution in [3.05, 3.63) is 20.8 Å². The van der Waals surface area contributed by atoms with E-state index in [4.69, 9.17) is 0 Å². The van der Waals surface area contributed by atoms with Crippen LogP contribution in [0.1, 0.15) is 24.6 Å². The van der Waals surface area contributed by atoms with Crippen molar-refractivity contribution in [2.45, 2.75) is 32.4 Å². The zero-order valence-corrected chi connectivity index (χ0v) is 13.1. The molecule has 2 nitrogen and oxygen atoms in total. The second kappa shape index (κ2) is 6.32. The maximum atomic E-state index is 3.52. The zero-order chi connectivity index (χ0) is 12.3. The van der Waals surface area contributed by atoms with Crippen molar-refractivity contribution >= 4 is 27.3 Å². The third kappa shape index (κ3) is 3.78. The maximum absolute atomic E-state index is 3.52. The van der Waals surface area contributed by atoms with Crippen LogP contribution in [0.5, 0.6) is 0 Å². The second-order valence-electron chi connectivity index (χ2n) is 4.81. The lowest BCUT2D eigenvalue weighted by molar-refractivity contribution is 0.128. The summed E-state index contributed by atoms with van der Waals surface area (Å²) in [6.07, 6.45) is 2.63. The molecule has 1 saturated heterocycles. The molecule has 0 aliphatic carbocycles. The molecular formula is C13H21BrN2S. The van der Waals surface area contributed by atoms with Crippen molar-refractivity contribution in [2.24, 2.45) is 0 Å². The Bertz CT molecular complexity index is 345. The molecule has 96 valence electrons. The number of nitrogens with zero attached hydrogens (tertiary/aromatic N) is 2. The van der Waals surface area contributed by atoms with Crippen LogP contribution in [0.15, 0.2) is 15.9 Å². The van der Waals surface area contributed by atoms with E-state index in [1.165, 1.54) is 41.8 Å². The molecule has 4 heteroatoms. The molecule has 1 aliphatic rings. The maximum Gasteiger partial charge on any atom is 0.0328 e. The number of hydrogen-bond donors (Lipinski definition) is 0. The highest BCUT2D eigenvalue weighted by Crippen LogP contribution is 2.23. The van der Waals surface area contributed by atoms with Gasteiger partial charge in [-0.25, -0.2) is 0 Å². The van der Waals surface area contributed by atoms with Gasteiger partial charge in [-0.05, 0) is 61.5 Å². The van der Waals surface area contributed by atoms with Crippen LogP contribution >= 0.6 is 27.3 Å². The fraction of sp³-hybridized carbons (Fsp3) is 0.692. The lowest BCUT2D eigenvalue weighted by Gasteiger charge is -2.36. The standard InChI is InChI=1S/C13H21BrN2S/c1-3-16-6-4-12(5-7-16)15(2)9-13-8-11(14)10-17-13/h8,10,12H,3-7,9H2,1-2H3. The summed E-state index contributed by atoms with van der Waals surface area (Å²) in [6, 6.07) is 3.00. The number of hydrogen-bond acceptors (Lipinski definition) is 3. The Kier molecular flexibility index (Phi) is 5.03. The summed E-state index contributed by atoms with van der Waals surface area (Å²) >= 11 is 5.37. The van der Waals surface area contributed by atoms with Crippen LogP contribution in [0.3, 0.4) is 0 Å². The molecule has 0 radical (unpaired) electrons. The fourth-order valence-electron chi connectivity index (χ4n) is 2.49. The Morgan fingerprint density at radius 3 is 2.71 bits per heavy atom. The van der Waals surface area contributed by atoms with Crippen molar-refractivity contribution in [2.75, 3.05) is 26.7 Å². The molecular weight excluding hydrogens is 296 g/mol. The van der Waals surface area contributed by atoms with E-state index in [0.29, 0.717) is 0 Å². The van der Waals surface area contributed by atoms with Gasteiger partial charge in [0.2, 0.25) is 0 Å². The van der Waals surface area contributed by atoms with E-state index in [2.05, 4.69) is 51.1 Å². The number of piperidine rings is 1. The summed E-state index contributed by atoms with van der Waals surface area (Å²) in [7, 11) is 2.26. The van der Waals surface area contributed by atoms with Gasteiger partial charge in [-0.1, -0.05) is 6.92 Å². The largest absolute Gasteiger partial charge is 0.303 e. The molecule has 1 aromatic heterocycles. The summed E-state index contributed by atoms with van der Waals surface area (Å²) in [5.74, 6) is 0. The molecule has 0 amide bonds. The van der Waals surface area contributed by atoms with E-state index in [0.717, 1.165) is 12.6 Å². The predicted molar refractivity (Wildman–Crippen MR) is 78.6 cm³/mol. The third-order valence-corrected chi connectivity index (χ3v) is 5.34. The van der Waals surface area contributed by atoms with Crippen molar-refractivity contribution in [3.8, 4) is 0 Å². The molecule has 0 aromatic carbocycles. The van der Waals surface area contributed by atoms with Gasteiger partial charge in [0.15, 0.2) is 0 Å². The lowest BCUT2D eigenvalue weighted by atomic mass is 10.0. The van der Waals surface area contributed by atoms with E-state index >= 15 is 0 Å². The Hall–Kier alpha value is 0.1000. The highest BCUT2D eigenvalue weighted by molar-refractivity contribution is 9.10. The van der Waals surface area contributed by atoms with Crippen LogP contribution in [-0.2, 0) is 6.54 Å². The number of likely N-dealkylation sites (tertiary alicyclic amines) is 1. The van der Waals surface area contributed by atoms with Crippen LogP contribution in [0.2, 0.25) is 0 Å². The van der Waals surface area contributed by atoms with Crippen molar-refractivity contribution in [1.29, 1.82) is 0 Å². The smallest absolute Gasteiger partial charge is 0.0328 e. The number of halogens is 1. The third-order valence-electron chi connectivity index (χ3n) is 3.65. The number of thiophene rings is 1. The fourth-order valence-corrected chi connectivity index (χ4v) is 4.00. The molecule has 2 rings (SSSR count). The van der Waals surface area contributed by atoms with E-state index in [-0.39, 0.29) is 0 Å². The highest BCUT2D eigenvalue weighted by atomic mass is 79.9. The molecule has 1 aliphatic heterocycles. The molecule has 17 heavy (non-hydrogen) atoms. The van der Waals surface area contributed by atoms with Crippen LogP contribution in [-0.4, -0.2) is 42.5 Å². The molecule has 0 atom stereocenters. The van der Waals surface area contributed by atoms with E-state index < -0.39 is 0 Å². The molecule has 1 aromatic rings. The highest BCUT2D eigenvalue weighted by Gasteiger charge is 2.21. The Morgan fingerprint density at radius 1 is 1.47 bits per heavy atom. The van der Waals surface area contributed by atoms with Crippen molar-refractivity contribution in [3.63, 3.8) is 0 Å². The first-order valence-electron chi connectivity index (χ1n) is 6.34.